The van der Waals surface area contributed by atoms with Gasteiger partial charge in [0.25, 0.3) is 0 Å². The van der Waals surface area contributed by atoms with Crippen LogP contribution in [0.25, 0.3) is 0 Å². The molecule has 0 aromatic heterocycles. The smallest absolute Gasteiger partial charge is 0.125 e. The van der Waals surface area contributed by atoms with Gasteiger partial charge in [-0.3, -0.25) is 0 Å². The molecule has 1 aromatic carbocycles. The SMILES string of the molecule is C[C@H]1C[C@@H](O)Nc2ccccc21. The number of hydrogen-bond acceptors (Lipinski definition) is 2. The normalized spacial score (nSPS) is 27.5. The highest BCUT2D eigenvalue weighted by Gasteiger charge is 2.20. The van der Waals surface area contributed by atoms with E-state index in [1.165, 1.54) is 5.56 Å². The van der Waals surface area contributed by atoms with Crippen LogP contribution in [0.3, 0.4) is 0 Å². The second-order valence-corrected chi connectivity index (χ2v) is 3.38. The van der Waals surface area contributed by atoms with Crippen LogP contribution >= 0.6 is 0 Å². The van der Waals surface area contributed by atoms with E-state index in [9.17, 15) is 5.11 Å². The molecular weight excluding hydrogens is 150 g/mol. The van der Waals surface area contributed by atoms with E-state index in [-0.39, 0.29) is 6.23 Å². The summed E-state index contributed by atoms with van der Waals surface area (Å²) in [6.07, 6.45) is 0.423. The first-order chi connectivity index (χ1) is 5.77. The van der Waals surface area contributed by atoms with E-state index in [1.54, 1.807) is 0 Å². The van der Waals surface area contributed by atoms with Crippen molar-refractivity contribution in [2.45, 2.75) is 25.5 Å². The monoisotopic (exact) mass is 163 g/mol. The maximum absolute atomic E-state index is 9.42. The fraction of sp³-hybridized carbons (Fsp3) is 0.400. The molecule has 0 saturated carbocycles. The second kappa shape index (κ2) is 2.79. The molecule has 0 spiro atoms. The predicted octanol–water partition coefficient (Wildman–Crippen LogP) is 1.92. The third-order valence-corrected chi connectivity index (χ3v) is 2.39. The van der Waals surface area contributed by atoms with E-state index in [1.807, 2.05) is 18.2 Å². The van der Waals surface area contributed by atoms with Gasteiger partial charge in [0, 0.05) is 5.69 Å². The van der Waals surface area contributed by atoms with Crippen LogP contribution in [0.2, 0.25) is 0 Å². The number of aliphatic hydroxyl groups is 1. The number of aliphatic hydroxyl groups excluding tert-OH is 1. The van der Waals surface area contributed by atoms with Gasteiger partial charge in [-0.15, -0.1) is 0 Å². The lowest BCUT2D eigenvalue weighted by Gasteiger charge is -2.27. The molecule has 1 heterocycles. The summed E-state index contributed by atoms with van der Waals surface area (Å²) in [7, 11) is 0. The first-order valence-corrected chi connectivity index (χ1v) is 4.31. The molecule has 2 heteroatoms. The van der Waals surface area contributed by atoms with E-state index in [0.717, 1.165) is 12.1 Å². The Labute approximate surface area is 72.2 Å². The maximum Gasteiger partial charge on any atom is 0.125 e. The number of benzene rings is 1. The fourth-order valence-corrected chi connectivity index (χ4v) is 1.76. The molecule has 0 radical (unpaired) electrons. The molecule has 2 N–H and O–H groups in total. The lowest BCUT2D eigenvalue weighted by atomic mass is 9.92. The zero-order valence-corrected chi connectivity index (χ0v) is 7.12. The van der Waals surface area contributed by atoms with E-state index in [4.69, 9.17) is 0 Å². The lowest BCUT2D eigenvalue weighted by molar-refractivity contribution is 0.180. The molecule has 0 saturated heterocycles. The Morgan fingerprint density at radius 3 is 3.00 bits per heavy atom. The molecular formula is C10H13NO. The Hall–Kier alpha value is -1.02. The van der Waals surface area contributed by atoms with Crippen molar-refractivity contribution < 1.29 is 5.11 Å². The lowest BCUT2D eigenvalue weighted by Crippen LogP contribution is -2.26. The summed E-state index contributed by atoms with van der Waals surface area (Å²) in [6.45, 7) is 2.14. The predicted molar refractivity (Wildman–Crippen MR) is 49.1 cm³/mol. The second-order valence-electron chi connectivity index (χ2n) is 3.38. The minimum absolute atomic E-state index is 0.380. The van der Waals surface area contributed by atoms with Crippen LogP contribution < -0.4 is 5.32 Å². The first kappa shape index (κ1) is 7.62. The largest absolute Gasteiger partial charge is 0.374 e. The number of nitrogens with one attached hydrogen (secondary N) is 1. The van der Waals surface area contributed by atoms with Crippen LogP contribution in [0.15, 0.2) is 24.3 Å². The highest BCUT2D eigenvalue weighted by molar-refractivity contribution is 5.54. The van der Waals surface area contributed by atoms with Gasteiger partial charge in [0.2, 0.25) is 0 Å². The molecule has 0 fully saturated rings. The Kier molecular flexibility index (Phi) is 1.77. The van der Waals surface area contributed by atoms with Gasteiger partial charge in [-0.2, -0.15) is 0 Å². The summed E-state index contributed by atoms with van der Waals surface area (Å²) >= 11 is 0. The summed E-state index contributed by atoms with van der Waals surface area (Å²) in [6, 6.07) is 8.14. The fourth-order valence-electron chi connectivity index (χ4n) is 1.76. The molecule has 0 unspecified atom stereocenters. The molecule has 1 aliphatic heterocycles. The highest BCUT2D eigenvalue weighted by Crippen LogP contribution is 2.32. The maximum atomic E-state index is 9.42. The van der Waals surface area contributed by atoms with Gasteiger partial charge in [-0.05, 0) is 24.0 Å². The van der Waals surface area contributed by atoms with Gasteiger partial charge in [0.05, 0.1) is 0 Å². The molecule has 2 rings (SSSR count). The summed E-state index contributed by atoms with van der Waals surface area (Å²) in [5, 5.41) is 12.5. The van der Waals surface area contributed by atoms with Gasteiger partial charge in [0.1, 0.15) is 6.23 Å². The Bertz CT molecular complexity index is 285. The number of para-hydroxylation sites is 1. The molecule has 0 amide bonds. The Morgan fingerprint density at radius 1 is 1.42 bits per heavy atom. The zero-order chi connectivity index (χ0) is 8.55. The van der Waals surface area contributed by atoms with Crippen LogP contribution in [-0.4, -0.2) is 11.3 Å². The van der Waals surface area contributed by atoms with Crippen molar-refractivity contribution >= 4 is 5.69 Å². The van der Waals surface area contributed by atoms with Crippen LogP contribution in [0.4, 0.5) is 5.69 Å². The van der Waals surface area contributed by atoms with Gasteiger partial charge >= 0.3 is 0 Å². The number of hydrogen-bond donors (Lipinski definition) is 2. The van der Waals surface area contributed by atoms with Gasteiger partial charge in [-0.25, -0.2) is 0 Å². The molecule has 2 atom stereocenters. The highest BCUT2D eigenvalue weighted by atomic mass is 16.3. The van der Waals surface area contributed by atoms with Crippen LogP contribution in [-0.2, 0) is 0 Å². The van der Waals surface area contributed by atoms with Crippen molar-refractivity contribution in [1.29, 1.82) is 0 Å². The van der Waals surface area contributed by atoms with Crippen LogP contribution in [0, 0.1) is 0 Å². The number of rotatable bonds is 0. The molecule has 0 bridgehead atoms. The van der Waals surface area contributed by atoms with Crippen molar-refractivity contribution in [2.75, 3.05) is 5.32 Å². The summed E-state index contributed by atoms with van der Waals surface area (Å²) in [5.41, 5.74) is 2.38. The minimum Gasteiger partial charge on any atom is -0.374 e. The molecule has 64 valence electrons. The van der Waals surface area contributed by atoms with Crippen molar-refractivity contribution in [1.82, 2.24) is 0 Å². The van der Waals surface area contributed by atoms with E-state index < -0.39 is 0 Å². The van der Waals surface area contributed by atoms with Crippen molar-refractivity contribution in [2.24, 2.45) is 0 Å². The van der Waals surface area contributed by atoms with Crippen molar-refractivity contribution in [3.63, 3.8) is 0 Å². The van der Waals surface area contributed by atoms with Gasteiger partial charge in [0.15, 0.2) is 0 Å². The number of fused-ring (bicyclic) bond motifs is 1. The summed E-state index contributed by atoms with van der Waals surface area (Å²) in [5.74, 6) is 0.456. The van der Waals surface area contributed by atoms with Crippen molar-refractivity contribution in [3.8, 4) is 0 Å². The molecule has 1 aromatic rings. The standard InChI is InChI=1S/C10H13NO/c1-7-6-10(12)11-9-5-3-2-4-8(7)9/h2-5,7,10-12H,6H2,1H3/t7-,10+/m0/s1. The average Bonchev–Trinajstić information content (AvgIpc) is 2.04. The summed E-state index contributed by atoms with van der Waals surface area (Å²) < 4.78 is 0. The topological polar surface area (TPSA) is 32.3 Å². The summed E-state index contributed by atoms with van der Waals surface area (Å²) in [4.78, 5) is 0. The van der Waals surface area contributed by atoms with Crippen LogP contribution in [0.1, 0.15) is 24.8 Å². The molecule has 1 aliphatic rings. The van der Waals surface area contributed by atoms with E-state index in [2.05, 4.69) is 18.3 Å². The Morgan fingerprint density at radius 2 is 2.17 bits per heavy atom. The molecule has 12 heavy (non-hydrogen) atoms. The third-order valence-electron chi connectivity index (χ3n) is 2.39. The quantitative estimate of drug-likeness (QED) is 0.612. The minimum atomic E-state index is -0.380. The average molecular weight is 163 g/mol. The van der Waals surface area contributed by atoms with E-state index in [0.29, 0.717) is 5.92 Å². The zero-order valence-electron chi connectivity index (χ0n) is 7.12. The molecule has 2 nitrogen and oxygen atoms in total. The van der Waals surface area contributed by atoms with Gasteiger partial charge in [-0.1, -0.05) is 25.1 Å². The van der Waals surface area contributed by atoms with Crippen LogP contribution in [0.5, 0.6) is 0 Å². The van der Waals surface area contributed by atoms with Gasteiger partial charge < -0.3 is 10.4 Å². The third kappa shape index (κ3) is 1.18. The molecule has 0 aliphatic carbocycles. The first-order valence-electron chi connectivity index (χ1n) is 4.31. The Balaban J connectivity index is 2.40. The van der Waals surface area contributed by atoms with E-state index >= 15 is 0 Å². The van der Waals surface area contributed by atoms with Crippen molar-refractivity contribution in [3.05, 3.63) is 29.8 Å². The number of anilines is 1.